The van der Waals surface area contributed by atoms with Crippen LogP contribution in [0.2, 0.25) is 5.02 Å². The molecule has 7 heteroatoms. The van der Waals surface area contributed by atoms with Crippen molar-refractivity contribution in [1.82, 2.24) is 0 Å². The van der Waals surface area contributed by atoms with Gasteiger partial charge in [-0.1, -0.05) is 17.7 Å². The number of aliphatic hydroxyl groups is 2. The third-order valence-electron chi connectivity index (χ3n) is 3.41. The zero-order valence-electron chi connectivity index (χ0n) is 12.8. The van der Waals surface area contributed by atoms with Gasteiger partial charge in [0.25, 0.3) is 0 Å². The molecule has 0 spiro atoms. The minimum absolute atomic E-state index is 0.258. The van der Waals surface area contributed by atoms with Crippen LogP contribution < -0.4 is 5.32 Å². The molecular formula is C16H19ClN2O4. The van der Waals surface area contributed by atoms with Gasteiger partial charge in [0.05, 0.1) is 12.2 Å². The van der Waals surface area contributed by atoms with Gasteiger partial charge in [-0.2, -0.15) is 0 Å². The lowest BCUT2D eigenvalue weighted by Gasteiger charge is -2.18. The standard InChI is InChI=1S/C16H19ClN2O4/c1-10-13(17)5-2-6-14(10)19-15-12(4-3-7-18-15)16(22)23-9-11(21)8-20/h2,5-7,11,19-21H,3-4,8-9H2,1H3. The largest absolute Gasteiger partial charge is 0.459 e. The number of hydrogen-bond donors (Lipinski definition) is 3. The highest BCUT2D eigenvalue weighted by Gasteiger charge is 2.20. The van der Waals surface area contributed by atoms with Crippen LogP contribution in [0.4, 0.5) is 5.69 Å². The van der Waals surface area contributed by atoms with Gasteiger partial charge in [-0.05, 0) is 37.5 Å². The van der Waals surface area contributed by atoms with Crippen molar-refractivity contribution in [2.75, 3.05) is 18.5 Å². The van der Waals surface area contributed by atoms with Gasteiger partial charge < -0.3 is 20.3 Å². The number of rotatable bonds is 6. The number of ether oxygens (including phenoxy) is 1. The highest BCUT2D eigenvalue weighted by Crippen LogP contribution is 2.27. The van der Waals surface area contributed by atoms with E-state index in [-0.39, 0.29) is 6.61 Å². The van der Waals surface area contributed by atoms with E-state index in [1.54, 1.807) is 18.3 Å². The summed E-state index contributed by atoms with van der Waals surface area (Å²) in [5.74, 6) is -0.151. The van der Waals surface area contributed by atoms with Crippen molar-refractivity contribution in [3.8, 4) is 0 Å². The molecule has 0 aliphatic carbocycles. The molecule has 3 N–H and O–H groups in total. The third-order valence-corrected chi connectivity index (χ3v) is 3.82. The lowest BCUT2D eigenvalue weighted by atomic mass is 10.1. The maximum absolute atomic E-state index is 12.2. The summed E-state index contributed by atoms with van der Waals surface area (Å²) in [5.41, 5.74) is 2.01. The Bertz CT molecular complexity index is 643. The predicted octanol–water partition coefficient (Wildman–Crippen LogP) is 2.03. The van der Waals surface area contributed by atoms with E-state index in [1.165, 1.54) is 0 Å². The summed E-state index contributed by atoms with van der Waals surface area (Å²) in [7, 11) is 0. The number of carbonyl (C=O) groups excluding carboxylic acids is 1. The average Bonchev–Trinajstić information content (AvgIpc) is 2.57. The van der Waals surface area contributed by atoms with Gasteiger partial charge in [0.2, 0.25) is 0 Å². The Morgan fingerprint density at radius 1 is 1.52 bits per heavy atom. The third kappa shape index (κ3) is 4.54. The second-order valence-electron chi connectivity index (χ2n) is 5.15. The molecule has 124 valence electrons. The van der Waals surface area contributed by atoms with Crippen molar-refractivity contribution in [2.24, 2.45) is 4.99 Å². The summed E-state index contributed by atoms with van der Waals surface area (Å²) in [6.45, 7) is 1.15. The highest BCUT2D eigenvalue weighted by molar-refractivity contribution is 6.31. The Morgan fingerprint density at radius 3 is 3.04 bits per heavy atom. The van der Waals surface area contributed by atoms with Crippen LogP contribution in [0, 0.1) is 6.92 Å². The van der Waals surface area contributed by atoms with Crippen molar-refractivity contribution < 1.29 is 19.7 Å². The van der Waals surface area contributed by atoms with Gasteiger partial charge in [0, 0.05) is 16.9 Å². The van der Waals surface area contributed by atoms with Gasteiger partial charge in [-0.25, -0.2) is 9.79 Å². The van der Waals surface area contributed by atoms with Crippen molar-refractivity contribution in [3.05, 3.63) is 40.2 Å². The SMILES string of the molecule is Cc1c(Cl)cccc1NC1=C(C(=O)OCC(O)CO)CCC=N1. The van der Waals surface area contributed by atoms with E-state index >= 15 is 0 Å². The Hall–Kier alpha value is -1.89. The van der Waals surface area contributed by atoms with Crippen molar-refractivity contribution in [2.45, 2.75) is 25.9 Å². The smallest absolute Gasteiger partial charge is 0.337 e. The molecule has 0 saturated carbocycles. The molecule has 2 rings (SSSR count). The van der Waals surface area contributed by atoms with E-state index in [9.17, 15) is 9.90 Å². The number of halogens is 1. The van der Waals surface area contributed by atoms with E-state index in [1.807, 2.05) is 13.0 Å². The lowest BCUT2D eigenvalue weighted by Crippen LogP contribution is -2.24. The first-order chi connectivity index (χ1) is 11.0. The second-order valence-corrected chi connectivity index (χ2v) is 5.56. The summed E-state index contributed by atoms with van der Waals surface area (Å²) in [5, 5.41) is 21.8. The van der Waals surface area contributed by atoms with Gasteiger partial charge in [0.1, 0.15) is 18.5 Å². The topological polar surface area (TPSA) is 91.2 Å². The van der Waals surface area contributed by atoms with E-state index in [2.05, 4.69) is 10.3 Å². The number of carbonyl (C=O) groups is 1. The minimum atomic E-state index is -1.08. The van der Waals surface area contributed by atoms with Crippen LogP contribution in [0.3, 0.4) is 0 Å². The van der Waals surface area contributed by atoms with Crippen LogP contribution in [-0.2, 0) is 9.53 Å². The summed E-state index contributed by atoms with van der Waals surface area (Å²) in [4.78, 5) is 16.4. The molecule has 0 saturated heterocycles. The normalized spacial score (nSPS) is 15.5. The van der Waals surface area contributed by atoms with Gasteiger partial charge >= 0.3 is 5.97 Å². The summed E-state index contributed by atoms with van der Waals surface area (Å²) >= 11 is 6.09. The molecule has 23 heavy (non-hydrogen) atoms. The first-order valence-electron chi connectivity index (χ1n) is 7.26. The number of benzene rings is 1. The molecule has 0 bridgehead atoms. The first-order valence-corrected chi connectivity index (χ1v) is 7.64. The molecule has 0 aromatic heterocycles. The molecule has 1 aromatic carbocycles. The molecule has 1 aliphatic rings. The van der Waals surface area contributed by atoms with Crippen LogP contribution in [0.25, 0.3) is 0 Å². The zero-order chi connectivity index (χ0) is 16.8. The van der Waals surface area contributed by atoms with E-state index in [0.717, 1.165) is 11.3 Å². The number of nitrogens with zero attached hydrogens (tertiary/aromatic N) is 1. The summed E-state index contributed by atoms with van der Waals surface area (Å²) in [6, 6.07) is 5.43. The second kappa shape index (κ2) is 8.10. The molecule has 1 aliphatic heterocycles. The number of hydrogen-bond acceptors (Lipinski definition) is 6. The van der Waals surface area contributed by atoms with Crippen LogP contribution in [0.5, 0.6) is 0 Å². The van der Waals surface area contributed by atoms with Crippen molar-refractivity contribution >= 4 is 29.5 Å². The Morgan fingerprint density at radius 2 is 2.30 bits per heavy atom. The Labute approximate surface area is 139 Å². The van der Waals surface area contributed by atoms with Crippen LogP contribution in [-0.4, -0.2) is 41.7 Å². The number of nitrogens with one attached hydrogen (secondary N) is 1. The van der Waals surface area contributed by atoms with E-state index in [0.29, 0.717) is 29.3 Å². The fourth-order valence-corrected chi connectivity index (χ4v) is 2.22. The number of esters is 1. The predicted molar refractivity (Wildman–Crippen MR) is 88.6 cm³/mol. The van der Waals surface area contributed by atoms with Crippen LogP contribution in [0.15, 0.2) is 34.6 Å². The minimum Gasteiger partial charge on any atom is -0.459 e. The summed E-state index contributed by atoms with van der Waals surface area (Å²) in [6.07, 6.45) is 1.76. The Kier molecular flexibility index (Phi) is 6.15. The average molecular weight is 339 g/mol. The lowest BCUT2D eigenvalue weighted by molar-refractivity contribution is -0.142. The van der Waals surface area contributed by atoms with E-state index in [4.69, 9.17) is 21.4 Å². The number of aliphatic hydroxyl groups excluding tert-OH is 2. The maximum atomic E-state index is 12.2. The maximum Gasteiger partial charge on any atom is 0.337 e. The fraction of sp³-hybridized carbons (Fsp3) is 0.375. The van der Waals surface area contributed by atoms with E-state index < -0.39 is 18.7 Å². The van der Waals surface area contributed by atoms with Crippen LogP contribution >= 0.6 is 11.6 Å². The van der Waals surface area contributed by atoms with Gasteiger partial charge in [0.15, 0.2) is 0 Å². The van der Waals surface area contributed by atoms with Crippen molar-refractivity contribution in [1.29, 1.82) is 0 Å². The zero-order valence-corrected chi connectivity index (χ0v) is 13.5. The fourth-order valence-electron chi connectivity index (χ4n) is 2.05. The van der Waals surface area contributed by atoms with Gasteiger partial charge in [-0.15, -0.1) is 0 Å². The highest BCUT2D eigenvalue weighted by atomic mass is 35.5. The molecule has 1 unspecified atom stereocenters. The monoisotopic (exact) mass is 338 g/mol. The Balaban J connectivity index is 2.18. The first kappa shape index (κ1) is 17.5. The van der Waals surface area contributed by atoms with Crippen LogP contribution in [0.1, 0.15) is 18.4 Å². The number of aliphatic imine (C=N–C) groups is 1. The van der Waals surface area contributed by atoms with Crippen molar-refractivity contribution in [3.63, 3.8) is 0 Å². The molecule has 1 aromatic rings. The molecule has 1 heterocycles. The van der Waals surface area contributed by atoms with Gasteiger partial charge in [-0.3, -0.25) is 0 Å². The molecule has 0 amide bonds. The summed E-state index contributed by atoms with van der Waals surface area (Å²) < 4.78 is 5.01. The molecular weight excluding hydrogens is 320 g/mol. The molecule has 0 radical (unpaired) electrons. The molecule has 0 fully saturated rings. The quantitative estimate of drug-likeness (QED) is 0.690. The molecule has 6 nitrogen and oxygen atoms in total. The number of anilines is 1. The molecule has 1 atom stereocenters.